The summed E-state index contributed by atoms with van der Waals surface area (Å²) in [6, 6.07) is 90.1. The van der Waals surface area contributed by atoms with Crippen LogP contribution in [0.4, 0.5) is 0 Å². The Bertz CT molecular complexity index is 5120. The van der Waals surface area contributed by atoms with Crippen molar-refractivity contribution >= 4 is 141 Å². The number of para-hydroxylation sites is 6. The van der Waals surface area contributed by atoms with Crippen molar-refractivity contribution in [3.05, 3.63) is 271 Å². The van der Waals surface area contributed by atoms with Gasteiger partial charge in [0, 0.05) is 80.9 Å². The third-order valence-electron chi connectivity index (χ3n) is 16.0. The zero-order valence-corrected chi connectivity index (χ0v) is 47.5. The SMILES string of the molecule is Brc1ccc2c(c1)c1cc(-c3ccccc3)ccc1n2-c1ccccc1.OB(O)c1cccc2c1oc1c(-c3ccc4c(c3)c3cc(-c5ccccc5)ccc3n4-c3ccccc3)cccc12.OB(O)c1cccc2c1oc1c(B(O)O)cccc12. The summed E-state index contributed by atoms with van der Waals surface area (Å²) in [6.45, 7) is 0. The van der Waals surface area contributed by atoms with E-state index in [0.29, 0.717) is 33.0 Å². The highest BCUT2D eigenvalue weighted by atomic mass is 79.9. The van der Waals surface area contributed by atoms with Crippen molar-refractivity contribution in [2.75, 3.05) is 0 Å². The van der Waals surface area contributed by atoms with Crippen LogP contribution in [0.3, 0.4) is 0 Å². The highest BCUT2D eigenvalue weighted by Crippen LogP contribution is 2.41. The Kier molecular flexibility index (Phi) is 14.3. The number of rotatable bonds is 8. The summed E-state index contributed by atoms with van der Waals surface area (Å²) >= 11 is 3.64. The lowest BCUT2D eigenvalue weighted by Gasteiger charge is -2.08. The molecule has 0 amide bonds. The van der Waals surface area contributed by atoms with Gasteiger partial charge in [0.05, 0.1) is 22.1 Å². The molecule has 0 aliphatic carbocycles. The number of aromatic nitrogens is 2. The zero-order valence-electron chi connectivity index (χ0n) is 45.9. The maximum atomic E-state index is 9.95. The third-order valence-corrected chi connectivity index (χ3v) is 16.5. The monoisotopic (exact) mass is 1180 g/mol. The standard InChI is InChI=1S/C36H24BNO3.C24H16BrN.C12H10B2O5/c39-37(40)32-16-8-15-29-28-14-7-13-27(35(28)41-36(29)32)25-18-20-34-31(22-25)30-21-24(23-9-3-1-4-10-23)17-19-33(30)38(34)26-11-5-2-6-12-26;25-19-12-14-24-22(16-19)21-15-18(17-7-3-1-4-8-17)11-13-23(21)26(24)20-9-5-2-6-10-20;15-13(16)9-5-1-3-7-8-4-2-6-10(14(17)18)12(8)19-11(7)9/h1-22,39-40H;1-16H;1-6,15-18H. The van der Waals surface area contributed by atoms with Crippen LogP contribution in [0.5, 0.6) is 0 Å². The van der Waals surface area contributed by atoms with Gasteiger partial charge in [-0.15, -0.1) is 0 Å². The van der Waals surface area contributed by atoms with E-state index in [9.17, 15) is 30.1 Å². The molecule has 412 valence electrons. The van der Waals surface area contributed by atoms with Gasteiger partial charge in [0.25, 0.3) is 0 Å². The van der Waals surface area contributed by atoms with Crippen LogP contribution in [0.15, 0.2) is 280 Å². The first-order valence-corrected chi connectivity index (χ1v) is 28.9. The van der Waals surface area contributed by atoms with Gasteiger partial charge in [-0.3, -0.25) is 0 Å². The van der Waals surface area contributed by atoms with E-state index in [-0.39, 0.29) is 10.9 Å². The molecule has 0 bridgehead atoms. The van der Waals surface area contributed by atoms with E-state index in [1.807, 2.05) is 36.4 Å². The van der Waals surface area contributed by atoms with Crippen molar-refractivity contribution in [1.82, 2.24) is 9.13 Å². The lowest BCUT2D eigenvalue weighted by atomic mass is 9.78. The van der Waals surface area contributed by atoms with Crippen molar-refractivity contribution in [3.8, 4) is 44.8 Å². The van der Waals surface area contributed by atoms with Crippen LogP contribution in [0.25, 0.3) is 132 Å². The summed E-state index contributed by atoms with van der Waals surface area (Å²) < 4.78 is 17.7. The smallest absolute Gasteiger partial charge is 0.457 e. The van der Waals surface area contributed by atoms with Crippen LogP contribution in [0.2, 0.25) is 0 Å². The zero-order chi connectivity index (χ0) is 58.6. The van der Waals surface area contributed by atoms with Crippen molar-refractivity contribution in [2.45, 2.75) is 0 Å². The lowest BCUT2D eigenvalue weighted by molar-refractivity contribution is 0.424. The first kappa shape index (κ1) is 54.2. The molecule has 14 heteroatoms. The third kappa shape index (κ3) is 9.75. The number of benzene rings is 12. The second-order valence-electron chi connectivity index (χ2n) is 21.1. The summed E-state index contributed by atoms with van der Waals surface area (Å²) in [5.41, 5.74) is 16.6. The highest BCUT2D eigenvalue weighted by Gasteiger charge is 2.25. The molecular formula is C72H50B3BrN2O8. The van der Waals surface area contributed by atoms with Crippen LogP contribution >= 0.6 is 15.9 Å². The van der Waals surface area contributed by atoms with E-state index in [0.717, 1.165) is 54.1 Å². The largest absolute Gasteiger partial charge is 0.492 e. The number of hydrogen-bond acceptors (Lipinski definition) is 8. The van der Waals surface area contributed by atoms with Crippen LogP contribution in [-0.4, -0.2) is 60.6 Å². The minimum absolute atomic E-state index is 0.243. The molecule has 12 aromatic carbocycles. The maximum Gasteiger partial charge on any atom is 0.492 e. The fraction of sp³-hybridized carbons (Fsp3) is 0. The molecule has 0 spiro atoms. The van der Waals surface area contributed by atoms with Gasteiger partial charge in [-0.25, -0.2) is 0 Å². The predicted octanol–water partition coefficient (Wildman–Crippen LogP) is 13.9. The minimum atomic E-state index is -1.65. The Labute approximate surface area is 502 Å². The van der Waals surface area contributed by atoms with E-state index in [2.05, 4.69) is 213 Å². The quantitative estimate of drug-likeness (QED) is 0.0821. The predicted molar refractivity (Wildman–Crippen MR) is 356 cm³/mol. The van der Waals surface area contributed by atoms with Crippen molar-refractivity contribution in [2.24, 2.45) is 0 Å². The number of fused-ring (bicyclic) bond motifs is 12. The molecule has 86 heavy (non-hydrogen) atoms. The fourth-order valence-corrected chi connectivity index (χ4v) is 12.4. The molecule has 10 nitrogen and oxygen atoms in total. The number of hydrogen-bond donors (Lipinski definition) is 6. The van der Waals surface area contributed by atoms with Crippen LogP contribution in [0, 0.1) is 0 Å². The molecule has 0 unspecified atom stereocenters. The summed E-state index contributed by atoms with van der Waals surface area (Å²) in [7, 11) is -4.90. The first-order valence-electron chi connectivity index (χ1n) is 28.1. The molecule has 0 atom stereocenters. The molecule has 16 rings (SSSR count). The minimum Gasteiger partial charge on any atom is -0.457 e. The van der Waals surface area contributed by atoms with Crippen molar-refractivity contribution < 1.29 is 39.0 Å². The molecule has 0 radical (unpaired) electrons. The van der Waals surface area contributed by atoms with Crippen molar-refractivity contribution in [3.63, 3.8) is 0 Å². The molecule has 0 fully saturated rings. The van der Waals surface area contributed by atoms with E-state index >= 15 is 0 Å². The van der Waals surface area contributed by atoms with Gasteiger partial charge in [-0.2, -0.15) is 0 Å². The highest BCUT2D eigenvalue weighted by molar-refractivity contribution is 9.10. The Morgan fingerprint density at radius 3 is 1.00 bits per heavy atom. The Morgan fingerprint density at radius 2 is 0.593 bits per heavy atom. The second kappa shape index (κ2) is 22.7. The van der Waals surface area contributed by atoms with E-state index in [1.165, 1.54) is 55.1 Å². The van der Waals surface area contributed by atoms with Crippen molar-refractivity contribution in [1.29, 1.82) is 0 Å². The second-order valence-corrected chi connectivity index (χ2v) is 22.0. The summed E-state index contributed by atoms with van der Waals surface area (Å²) in [5, 5.41) is 65.2. The molecular weight excluding hydrogens is 1130 g/mol. The summed E-state index contributed by atoms with van der Waals surface area (Å²) in [4.78, 5) is 0. The van der Waals surface area contributed by atoms with Gasteiger partial charge < -0.3 is 48.1 Å². The maximum absolute atomic E-state index is 9.95. The fourth-order valence-electron chi connectivity index (χ4n) is 12.1. The first-order chi connectivity index (χ1) is 42.1. The van der Waals surface area contributed by atoms with Gasteiger partial charge in [0.1, 0.15) is 22.3 Å². The average Bonchev–Trinajstić information content (AvgIpc) is 1.89. The van der Waals surface area contributed by atoms with Gasteiger partial charge >= 0.3 is 21.4 Å². The van der Waals surface area contributed by atoms with Gasteiger partial charge in [-0.1, -0.05) is 204 Å². The van der Waals surface area contributed by atoms with Crippen LogP contribution in [0.1, 0.15) is 0 Å². The van der Waals surface area contributed by atoms with Gasteiger partial charge in [-0.05, 0) is 107 Å². The lowest BCUT2D eigenvalue weighted by Crippen LogP contribution is -2.30. The summed E-state index contributed by atoms with van der Waals surface area (Å²) in [6.07, 6.45) is 0. The number of nitrogens with zero attached hydrogens (tertiary/aromatic N) is 2. The number of furan rings is 2. The average molecular weight is 1180 g/mol. The van der Waals surface area contributed by atoms with Crippen LogP contribution < -0.4 is 16.4 Å². The van der Waals surface area contributed by atoms with E-state index in [4.69, 9.17) is 8.83 Å². The molecule has 0 saturated carbocycles. The molecule has 16 aromatic rings. The number of halogens is 1. The topological polar surface area (TPSA) is 158 Å². The molecule has 4 aromatic heterocycles. The normalized spacial score (nSPS) is 11.4. The Hall–Kier alpha value is -9.73. The molecule has 4 heterocycles. The molecule has 0 aliphatic rings. The van der Waals surface area contributed by atoms with Gasteiger partial charge in [0.2, 0.25) is 0 Å². The van der Waals surface area contributed by atoms with E-state index < -0.39 is 21.4 Å². The summed E-state index contributed by atoms with van der Waals surface area (Å²) in [5.74, 6) is 0. The molecule has 6 N–H and O–H groups in total. The van der Waals surface area contributed by atoms with E-state index in [1.54, 1.807) is 42.5 Å². The van der Waals surface area contributed by atoms with Gasteiger partial charge in [0.15, 0.2) is 0 Å². The molecule has 0 saturated heterocycles. The van der Waals surface area contributed by atoms with Crippen LogP contribution in [-0.2, 0) is 0 Å². The molecule has 0 aliphatic heterocycles. The Balaban J connectivity index is 0.000000124. The Morgan fingerprint density at radius 1 is 0.267 bits per heavy atom.